The molecule has 0 spiro atoms. The second-order valence-electron chi connectivity index (χ2n) is 3.78. The maximum absolute atomic E-state index is 8.84. The van der Waals surface area contributed by atoms with E-state index in [4.69, 9.17) is 5.21 Å². The SMILES string of the molecule is Cc1cccc2c1CCC(NO)C2. The summed E-state index contributed by atoms with van der Waals surface area (Å²) >= 11 is 0. The molecule has 2 nitrogen and oxygen atoms in total. The smallest absolute Gasteiger partial charge is 0.0363 e. The van der Waals surface area contributed by atoms with Crippen molar-refractivity contribution in [2.45, 2.75) is 32.2 Å². The van der Waals surface area contributed by atoms with Crippen LogP contribution < -0.4 is 5.48 Å². The summed E-state index contributed by atoms with van der Waals surface area (Å²) < 4.78 is 0. The number of rotatable bonds is 1. The minimum absolute atomic E-state index is 0.245. The summed E-state index contributed by atoms with van der Waals surface area (Å²) in [6, 6.07) is 6.65. The van der Waals surface area contributed by atoms with Crippen LogP contribution in [0.4, 0.5) is 0 Å². The Kier molecular flexibility index (Phi) is 2.34. The van der Waals surface area contributed by atoms with Crippen LogP contribution in [-0.4, -0.2) is 11.2 Å². The second-order valence-corrected chi connectivity index (χ2v) is 3.78. The highest BCUT2D eigenvalue weighted by molar-refractivity contribution is 5.36. The number of hydrogen-bond donors (Lipinski definition) is 2. The zero-order valence-electron chi connectivity index (χ0n) is 7.88. The Morgan fingerprint density at radius 2 is 2.31 bits per heavy atom. The molecular weight excluding hydrogens is 162 g/mol. The van der Waals surface area contributed by atoms with Gasteiger partial charge in [-0.1, -0.05) is 18.2 Å². The van der Waals surface area contributed by atoms with E-state index < -0.39 is 0 Å². The zero-order valence-corrected chi connectivity index (χ0v) is 7.88. The van der Waals surface area contributed by atoms with E-state index >= 15 is 0 Å². The molecular formula is C11H15NO. The van der Waals surface area contributed by atoms with Crippen LogP contribution in [0.5, 0.6) is 0 Å². The lowest BCUT2D eigenvalue weighted by Crippen LogP contribution is -2.32. The van der Waals surface area contributed by atoms with Gasteiger partial charge in [0.1, 0.15) is 0 Å². The topological polar surface area (TPSA) is 32.3 Å². The molecule has 13 heavy (non-hydrogen) atoms. The largest absolute Gasteiger partial charge is 0.317 e. The van der Waals surface area contributed by atoms with Crippen molar-refractivity contribution in [3.8, 4) is 0 Å². The first-order valence-corrected chi connectivity index (χ1v) is 4.78. The lowest BCUT2D eigenvalue weighted by atomic mass is 9.86. The van der Waals surface area contributed by atoms with Gasteiger partial charge in [-0.2, -0.15) is 0 Å². The molecule has 0 aliphatic heterocycles. The zero-order chi connectivity index (χ0) is 9.26. The van der Waals surface area contributed by atoms with Crippen LogP contribution in [0.1, 0.15) is 23.1 Å². The highest BCUT2D eigenvalue weighted by Crippen LogP contribution is 2.23. The maximum atomic E-state index is 8.84. The van der Waals surface area contributed by atoms with Gasteiger partial charge in [0.05, 0.1) is 0 Å². The Morgan fingerprint density at radius 3 is 3.08 bits per heavy atom. The van der Waals surface area contributed by atoms with E-state index in [1.807, 2.05) is 0 Å². The molecule has 0 heterocycles. The molecule has 2 rings (SSSR count). The molecule has 1 unspecified atom stereocenters. The van der Waals surface area contributed by atoms with Crippen LogP contribution in [0.15, 0.2) is 18.2 Å². The molecule has 1 aromatic carbocycles. The van der Waals surface area contributed by atoms with Gasteiger partial charge < -0.3 is 5.21 Å². The Labute approximate surface area is 78.5 Å². The van der Waals surface area contributed by atoms with Crippen molar-refractivity contribution < 1.29 is 5.21 Å². The molecule has 0 fully saturated rings. The average molecular weight is 177 g/mol. The van der Waals surface area contributed by atoms with Crippen molar-refractivity contribution in [3.05, 3.63) is 34.9 Å². The lowest BCUT2D eigenvalue weighted by molar-refractivity contribution is 0.119. The summed E-state index contributed by atoms with van der Waals surface area (Å²) in [5.74, 6) is 0. The molecule has 0 aromatic heterocycles. The fourth-order valence-corrected chi connectivity index (χ4v) is 2.11. The van der Waals surface area contributed by atoms with E-state index in [1.54, 1.807) is 0 Å². The van der Waals surface area contributed by atoms with Crippen LogP contribution in [0, 0.1) is 6.92 Å². The number of hydrogen-bond acceptors (Lipinski definition) is 2. The molecule has 0 radical (unpaired) electrons. The highest BCUT2D eigenvalue weighted by atomic mass is 16.5. The van der Waals surface area contributed by atoms with E-state index in [1.165, 1.54) is 16.7 Å². The van der Waals surface area contributed by atoms with Gasteiger partial charge in [-0.05, 0) is 42.9 Å². The lowest BCUT2D eigenvalue weighted by Gasteiger charge is -2.24. The van der Waals surface area contributed by atoms with Crippen LogP contribution in [0.2, 0.25) is 0 Å². The summed E-state index contributed by atoms with van der Waals surface area (Å²) in [4.78, 5) is 0. The maximum Gasteiger partial charge on any atom is 0.0363 e. The van der Waals surface area contributed by atoms with Crippen molar-refractivity contribution in [2.24, 2.45) is 0 Å². The summed E-state index contributed by atoms with van der Waals surface area (Å²) in [7, 11) is 0. The number of fused-ring (bicyclic) bond motifs is 1. The first kappa shape index (κ1) is 8.73. The summed E-state index contributed by atoms with van der Waals surface area (Å²) in [5.41, 5.74) is 6.61. The Morgan fingerprint density at radius 1 is 1.46 bits per heavy atom. The third-order valence-electron chi connectivity index (χ3n) is 2.90. The monoisotopic (exact) mass is 177 g/mol. The fourth-order valence-electron chi connectivity index (χ4n) is 2.11. The van der Waals surface area contributed by atoms with E-state index in [9.17, 15) is 0 Å². The number of nitrogens with one attached hydrogen (secondary N) is 1. The van der Waals surface area contributed by atoms with Gasteiger partial charge in [0, 0.05) is 6.04 Å². The van der Waals surface area contributed by atoms with Crippen molar-refractivity contribution in [1.29, 1.82) is 0 Å². The molecule has 0 saturated carbocycles. The van der Waals surface area contributed by atoms with Gasteiger partial charge in [-0.15, -0.1) is 0 Å². The van der Waals surface area contributed by atoms with Crippen LogP contribution in [0.25, 0.3) is 0 Å². The van der Waals surface area contributed by atoms with E-state index in [0.717, 1.165) is 19.3 Å². The van der Waals surface area contributed by atoms with Gasteiger partial charge in [0.15, 0.2) is 0 Å². The first-order valence-electron chi connectivity index (χ1n) is 4.78. The van der Waals surface area contributed by atoms with E-state index in [0.29, 0.717) is 0 Å². The molecule has 70 valence electrons. The fraction of sp³-hybridized carbons (Fsp3) is 0.455. The third-order valence-corrected chi connectivity index (χ3v) is 2.90. The number of aryl methyl sites for hydroxylation is 1. The van der Waals surface area contributed by atoms with Gasteiger partial charge in [-0.25, -0.2) is 5.48 Å². The van der Waals surface area contributed by atoms with Gasteiger partial charge >= 0.3 is 0 Å². The van der Waals surface area contributed by atoms with Crippen molar-refractivity contribution >= 4 is 0 Å². The van der Waals surface area contributed by atoms with Crippen LogP contribution in [0.3, 0.4) is 0 Å². The third kappa shape index (κ3) is 1.60. The molecule has 0 amide bonds. The average Bonchev–Trinajstić information content (AvgIpc) is 2.18. The quantitative estimate of drug-likeness (QED) is 0.641. The molecule has 0 bridgehead atoms. The molecule has 1 aliphatic carbocycles. The minimum atomic E-state index is 0.245. The Hall–Kier alpha value is -0.860. The van der Waals surface area contributed by atoms with E-state index in [2.05, 4.69) is 30.6 Å². The standard InChI is InChI=1S/C11H15NO/c1-8-3-2-4-9-7-10(12-13)5-6-11(8)9/h2-4,10,12-13H,5-7H2,1H3. The molecule has 1 atom stereocenters. The minimum Gasteiger partial charge on any atom is -0.317 e. The van der Waals surface area contributed by atoms with Gasteiger partial charge in [0.2, 0.25) is 0 Å². The summed E-state index contributed by atoms with van der Waals surface area (Å²) in [6.07, 6.45) is 3.07. The molecule has 2 N–H and O–H groups in total. The summed E-state index contributed by atoms with van der Waals surface area (Å²) in [5, 5.41) is 8.84. The Balaban J connectivity index is 2.31. The van der Waals surface area contributed by atoms with Gasteiger partial charge in [-0.3, -0.25) is 0 Å². The van der Waals surface area contributed by atoms with Crippen molar-refractivity contribution in [1.82, 2.24) is 5.48 Å². The van der Waals surface area contributed by atoms with Crippen molar-refractivity contribution in [3.63, 3.8) is 0 Å². The normalized spacial score (nSPS) is 21.2. The number of hydroxylamine groups is 1. The summed E-state index contributed by atoms with van der Waals surface area (Å²) in [6.45, 7) is 2.16. The highest BCUT2D eigenvalue weighted by Gasteiger charge is 2.18. The second kappa shape index (κ2) is 3.48. The first-order chi connectivity index (χ1) is 6.31. The Bertz CT molecular complexity index is 309. The predicted octanol–water partition coefficient (Wildman–Crippen LogP) is 1.83. The van der Waals surface area contributed by atoms with Crippen LogP contribution in [-0.2, 0) is 12.8 Å². The van der Waals surface area contributed by atoms with Crippen LogP contribution >= 0.6 is 0 Å². The molecule has 1 aliphatic rings. The molecule has 0 saturated heterocycles. The van der Waals surface area contributed by atoms with E-state index in [-0.39, 0.29) is 6.04 Å². The van der Waals surface area contributed by atoms with Gasteiger partial charge in [0.25, 0.3) is 0 Å². The van der Waals surface area contributed by atoms with Crippen molar-refractivity contribution in [2.75, 3.05) is 0 Å². The number of benzene rings is 1. The molecule has 2 heteroatoms. The molecule has 1 aromatic rings. The predicted molar refractivity (Wildman–Crippen MR) is 51.9 cm³/mol.